The first-order valence-electron chi connectivity index (χ1n) is 8.29. The van der Waals surface area contributed by atoms with Gasteiger partial charge in [-0.05, 0) is 25.5 Å². The largest absolute Gasteiger partial charge is 0.342 e. The van der Waals surface area contributed by atoms with Gasteiger partial charge in [0.2, 0.25) is 11.8 Å². The Hall–Kier alpha value is -2.70. The number of amides is 2. The van der Waals surface area contributed by atoms with Crippen LogP contribution < -0.4 is 5.56 Å². The second-order valence-electron chi connectivity index (χ2n) is 6.94. The molecule has 0 bridgehead atoms. The van der Waals surface area contributed by atoms with E-state index in [4.69, 9.17) is 0 Å². The molecular formula is C18H22N4O3. The molecule has 2 heterocycles. The lowest BCUT2D eigenvalue weighted by Crippen LogP contribution is -2.42. The van der Waals surface area contributed by atoms with Crippen molar-refractivity contribution in [2.75, 3.05) is 20.1 Å². The zero-order valence-corrected chi connectivity index (χ0v) is 14.7. The molecule has 1 aromatic carbocycles. The predicted octanol–water partition coefficient (Wildman–Crippen LogP) is 1.14. The lowest BCUT2D eigenvalue weighted by molar-refractivity contribution is -0.140. The molecule has 1 unspecified atom stereocenters. The van der Waals surface area contributed by atoms with Crippen LogP contribution in [0.25, 0.3) is 10.9 Å². The van der Waals surface area contributed by atoms with Gasteiger partial charge in [0.25, 0.3) is 5.56 Å². The number of aromatic amines is 1. The van der Waals surface area contributed by atoms with E-state index in [1.54, 1.807) is 35.0 Å². The summed E-state index contributed by atoms with van der Waals surface area (Å²) in [4.78, 5) is 47.0. The Bertz CT molecular complexity index is 891. The third-order valence-corrected chi connectivity index (χ3v) is 4.83. The maximum atomic E-state index is 12.9. The molecular weight excluding hydrogens is 320 g/mol. The molecule has 7 heteroatoms. The number of nitrogens with zero attached hydrogens (tertiary/aromatic N) is 3. The number of aromatic nitrogens is 2. The van der Waals surface area contributed by atoms with E-state index in [0.29, 0.717) is 36.2 Å². The molecule has 7 nitrogen and oxygen atoms in total. The highest BCUT2D eigenvalue weighted by Crippen LogP contribution is 2.32. The topological polar surface area (TPSA) is 86.4 Å². The fraction of sp³-hybridized carbons (Fsp3) is 0.444. The molecule has 1 atom stereocenters. The second kappa shape index (κ2) is 6.31. The lowest BCUT2D eigenvalue weighted by Gasteiger charge is -2.28. The Morgan fingerprint density at radius 1 is 1.36 bits per heavy atom. The van der Waals surface area contributed by atoms with Crippen LogP contribution in [0.5, 0.6) is 0 Å². The summed E-state index contributed by atoms with van der Waals surface area (Å²) < 4.78 is 0. The van der Waals surface area contributed by atoms with Crippen LogP contribution in [0, 0.1) is 5.41 Å². The number of benzene rings is 1. The first-order chi connectivity index (χ1) is 11.8. The SMILES string of the molecule is CC(=O)N1CCC(C)(C(=O)N(C)Cc2nc3ccccc3c(=O)[nH]2)C1. The normalized spacial score (nSPS) is 20.0. The van der Waals surface area contributed by atoms with Crippen LogP contribution in [-0.4, -0.2) is 51.7 Å². The molecule has 1 aliphatic heterocycles. The molecule has 0 radical (unpaired) electrons. The van der Waals surface area contributed by atoms with Crippen molar-refractivity contribution in [3.63, 3.8) is 0 Å². The summed E-state index contributed by atoms with van der Waals surface area (Å²) in [5.74, 6) is 0.385. The summed E-state index contributed by atoms with van der Waals surface area (Å²) in [5, 5.41) is 0.528. The standard InChI is InChI=1S/C18H22N4O3/c1-12(23)22-9-8-18(2,11-22)17(25)21(3)10-15-19-14-7-5-4-6-13(14)16(24)20-15/h4-7H,8-11H2,1-3H3,(H,19,20,24). The van der Waals surface area contributed by atoms with Crippen molar-refractivity contribution < 1.29 is 9.59 Å². The number of fused-ring (bicyclic) bond motifs is 1. The predicted molar refractivity (Wildman–Crippen MR) is 93.8 cm³/mol. The van der Waals surface area contributed by atoms with E-state index in [1.807, 2.05) is 13.0 Å². The summed E-state index contributed by atoms with van der Waals surface area (Å²) in [7, 11) is 1.69. The molecule has 132 valence electrons. The zero-order chi connectivity index (χ0) is 18.2. The van der Waals surface area contributed by atoms with E-state index in [9.17, 15) is 14.4 Å². The molecule has 1 aliphatic rings. The van der Waals surface area contributed by atoms with E-state index in [0.717, 1.165) is 0 Å². The van der Waals surface area contributed by atoms with Gasteiger partial charge < -0.3 is 14.8 Å². The van der Waals surface area contributed by atoms with Gasteiger partial charge in [-0.15, -0.1) is 0 Å². The number of H-pyrrole nitrogens is 1. The quantitative estimate of drug-likeness (QED) is 0.906. The Labute approximate surface area is 145 Å². The van der Waals surface area contributed by atoms with Crippen molar-refractivity contribution in [1.82, 2.24) is 19.8 Å². The Kier molecular flexibility index (Phi) is 4.32. The van der Waals surface area contributed by atoms with Gasteiger partial charge in [-0.1, -0.05) is 12.1 Å². The first kappa shape index (κ1) is 17.1. The molecule has 3 rings (SSSR count). The van der Waals surface area contributed by atoms with Crippen LogP contribution in [0.15, 0.2) is 29.1 Å². The van der Waals surface area contributed by atoms with E-state index >= 15 is 0 Å². The monoisotopic (exact) mass is 342 g/mol. The smallest absolute Gasteiger partial charge is 0.258 e. The summed E-state index contributed by atoms with van der Waals surface area (Å²) in [6.07, 6.45) is 0.636. The molecule has 2 aromatic rings. The maximum Gasteiger partial charge on any atom is 0.258 e. The van der Waals surface area contributed by atoms with E-state index in [2.05, 4.69) is 9.97 Å². The Morgan fingerprint density at radius 2 is 2.08 bits per heavy atom. The van der Waals surface area contributed by atoms with Crippen LogP contribution >= 0.6 is 0 Å². The summed E-state index contributed by atoms with van der Waals surface area (Å²) >= 11 is 0. The number of carbonyl (C=O) groups is 2. The van der Waals surface area contributed by atoms with Crippen molar-refractivity contribution in [3.8, 4) is 0 Å². The van der Waals surface area contributed by atoms with Crippen LogP contribution in [0.4, 0.5) is 0 Å². The van der Waals surface area contributed by atoms with Gasteiger partial charge in [0.15, 0.2) is 0 Å². The van der Waals surface area contributed by atoms with Gasteiger partial charge >= 0.3 is 0 Å². The third-order valence-electron chi connectivity index (χ3n) is 4.83. The molecule has 1 N–H and O–H groups in total. The summed E-state index contributed by atoms with van der Waals surface area (Å²) in [6.45, 7) is 4.63. The molecule has 1 aromatic heterocycles. The van der Waals surface area contributed by atoms with Gasteiger partial charge in [-0.25, -0.2) is 4.98 Å². The fourth-order valence-corrected chi connectivity index (χ4v) is 3.37. The minimum absolute atomic E-state index is 0.0142. The van der Waals surface area contributed by atoms with Gasteiger partial charge in [0.1, 0.15) is 5.82 Å². The molecule has 0 aliphatic carbocycles. The van der Waals surface area contributed by atoms with Gasteiger partial charge in [-0.3, -0.25) is 14.4 Å². The number of likely N-dealkylation sites (tertiary alicyclic amines) is 1. The molecule has 1 saturated heterocycles. The van der Waals surface area contributed by atoms with Crippen LogP contribution in [0.2, 0.25) is 0 Å². The van der Waals surface area contributed by atoms with E-state index < -0.39 is 5.41 Å². The number of hydrogen-bond acceptors (Lipinski definition) is 4. The Morgan fingerprint density at radius 3 is 2.76 bits per heavy atom. The average Bonchev–Trinajstić information content (AvgIpc) is 2.98. The average molecular weight is 342 g/mol. The van der Waals surface area contributed by atoms with E-state index in [-0.39, 0.29) is 23.9 Å². The zero-order valence-electron chi connectivity index (χ0n) is 14.7. The number of carbonyl (C=O) groups excluding carboxylic acids is 2. The van der Waals surface area contributed by atoms with Crippen LogP contribution in [-0.2, 0) is 16.1 Å². The highest BCUT2D eigenvalue weighted by atomic mass is 16.2. The highest BCUT2D eigenvalue weighted by Gasteiger charge is 2.42. The fourth-order valence-electron chi connectivity index (χ4n) is 3.37. The van der Waals surface area contributed by atoms with Crippen molar-refractivity contribution in [2.45, 2.75) is 26.8 Å². The van der Waals surface area contributed by atoms with Gasteiger partial charge in [0.05, 0.1) is 22.9 Å². The van der Waals surface area contributed by atoms with Crippen molar-refractivity contribution >= 4 is 22.7 Å². The maximum absolute atomic E-state index is 12.9. The van der Waals surface area contributed by atoms with Gasteiger partial charge in [-0.2, -0.15) is 0 Å². The molecule has 0 spiro atoms. The van der Waals surface area contributed by atoms with Crippen molar-refractivity contribution in [2.24, 2.45) is 5.41 Å². The minimum Gasteiger partial charge on any atom is -0.342 e. The first-order valence-corrected chi connectivity index (χ1v) is 8.29. The highest BCUT2D eigenvalue weighted by molar-refractivity contribution is 5.84. The molecule has 25 heavy (non-hydrogen) atoms. The van der Waals surface area contributed by atoms with Crippen molar-refractivity contribution in [1.29, 1.82) is 0 Å². The minimum atomic E-state index is -0.600. The third kappa shape index (κ3) is 3.26. The van der Waals surface area contributed by atoms with Crippen LogP contribution in [0.1, 0.15) is 26.1 Å². The Balaban J connectivity index is 1.78. The summed E-state index contributed by atoms with van der Waals surface area (Å²) in [5.41, 5.74) is -0.203. The summed E-state index contributed by atoms with van der Waals surface area (Å²) in [6, 6.07) is 7.11. The molecule has 1 fully saturated rings. The number of rotatable bonds is 3. The number of hydrogen-bond donors (Lipinski definition) is 1. The number of nitrogens with one attached hydrogen (secondary N) is 1. The second-order valence-corrected chi connectivity index (χ2v) is 6.94. The molecule has 2 amide bonds. The number of para-hydroxylation sites is 1. The van der Waals surface area contributed by atoms with Crippen molar-refractivity contribution in [3.05, 3.63) is 40.4 Å². The van der Waals surface area contributed by atoms with Crippen LogP contribution in [0.3, 0.4) is 0 Å². The lowest BCUT2D eigenvalue weighted by atomic mass is 9.88. The molecule has 0 saturated carbocycles. The van der Waals surface area contributed by atoms with Gasteiger partial charge in [0, 0.05) is 27.1 Å². The van der Waals surface area contributed by atoms with E-state index in [1.165, 1.54) is 6.92 Å².